The molecule has 0 bridgehead atoms. The molecule has 0 atom stereocenters. The smallest absolute Gasteiger partial charge is 0.409 e. The summed E-state index contributed by atoms with van der Waals surface area (Å²) in [6, 6.07) is 1.88. The minimum Gasteiger partial charge on any atom is -0.453 e. The molecule has 0 aromatic rings. The molecule has 9 spiro atoms. The van der Waals surface area contributed by atoms with E-state index in [1.807, 2.05) is 42.6 Å². The van der Waals surface area contributed by atoms with Crippen molar-refractivity contribution < 1.29 is 47.7 Å². The number of rotatable bonds is 9. The maximum absolute atomic E-state index is 11.7. The summed E-state index contributed by atoms with van der Waals surface area (Å²) >= 11 is 0. The maximum atomic E-state index is 11.7. The predicted molar refractivity (Wildman–Crippen MR) is 546 cm³/mol. The fourth-order valence-corrected chi connectivity index (χ4v) is 23.5. The molecule has 18 saturated heterocycles. The van der Waals surface area contributed by atoms with Crippen LogP contribution in [0.2, 0.25) is 0 Å². The summed E-state index contributed by atoms with van der Waals surface area (Å²) < 4.78 is 24.6. The van der Waals surface area contributed by atoms with Crippen molar-refractivity contribution in [2.75, 3.05) is 303 Å². The monoisotopic (exact) mass is 1900 g/mol. The van der Waals surface area contributed by atoms with Crippen molar-refractivity contribution >= 4 is 30.4 Å². The average Bonchev–Trinajstić information content (AvgIpc) is 1.60. The van der Waals surface area contributed by atoms with Gasteiger partial charge in [-0.1, -0.05) is 13.8 Å². The number of nitrogens with zero attached hydrogens (tertiary/aromatic N) is 19. The number of carbonyl (C=O) groups excluding carboxylic acids is 5. The Kier molecular flexibility index (Phi) is 33.3. The zero-order chi connectivity index (χ0) is 101. The summed E-state index contributed by atoms with van der Waals surface area (Å²) in [5.74, 6) is 0. The molecule has 0 aromatic carbocycles. The van der Waals surface area contributed by atoms with Gasteiger partial charge in [-0.05, 0) is 241 Å². The van der Waals surface area contributed by atoms with E-state index in [0.29, 0.717) is 91.9 Å². The number of amides is 6. The third-order valence-corrected chi connectivity index (χ3v) is 33.3. The summed E-state index contributed by atoms with van der Waals surface area (Å²) in [6.07, 6.45) is 2.25. The van der Waals surface area contributed by atoms with Gasteiger partial charge < -0.3 is 62.9 Å². The molecule has 0 radical (unpaired) electrons. The van der Waals surface area contributed by atoms with Gasteiger partial charge in [-0.2, -0.15) is 0 Å². The predicted octanol–water partition coefficient (Wildman–Crippen LogP) is 12.8. The fraction of sp³-hybridized carbons (Fsp3) is 0.953. The number of likely N-dealkylation sites (tertiary alicyclic amines) is 18. The van der Waals surface area contributed by atoms with Gasteiger partial charge in [0.1, 0.15) is 6.61 Å². The molecule has 135 heavy (non-hydrogen) atoms. The Balaban J connectivity index is 0.000000146. The summed E-state index contributed by atoms with van der Waals surface area (Å²) in [4.78, 5) is 101. The molecule has 29 nitrogen and oxygen atoms in total. The van der Waals surface area contributed by atoms with Crippen molar-refractivity contribution in [3.05, 3.63) is 0 Å². The lowest BCUT2D eigenvalue weighted by Gasteiger charge is -2.64. The molecule has 19 fully saturated rings. The van der Waals surface area contributed by atoms with E-state index < -0.39 is 0 Å². The van der Waals surface area contributed by atoms with E-state index in [1.165, 1.54) is 138 Å². The minimum absolute atomic E-state index is 0.151. The van der Waals surface area contributed by atoms with Crippen LogP contribution in [0.15, 0.2) is 0 Å². The molecule has 0 unspecified atom stereocenters. The first-order valence-corrected chi connectivity index (χ1v) is 52.6. The van der Waals surface area contributed by atoms with Gasteiger partial charge in [-0.25, -0.2) is 24.0 Å². The van der Waals surface area contributed by atoms with E-state index in [4.69, 9.17) is 18.9 Å². The van der Waals surface area contributed by atoms with Crippen molar-refractivity contribution in [3.8, 4) is 0 Å². The number of carbonyl (C=O) groups is 5. The normalized spacial score (nSPS) is 26.0. The van der Waals surface area contributed by atoms with E-state index in [2.05, 4.69) is 283 Å². The van der Waals surface area contributed by atoms with Gasteiger partial charge in [0.15, 0.2) is 0 Å². The first-order valence-electron chi connectivity index (χ1n) is 52.6. The highest BCUT2D eigenvalue weighted by Crippen LogP contribution is 2.52. The SMILES string of the molecule is CC(C)(C)N1CC2(CN(C3CC3)C2)C1.CC(C)N1CC2(C1)CN(C(C)(C)C)C2.CCN1CC2(C1)CN(C(C)(C)C)C2.CCN1CC2(C1)CN(C(C)(C)C)C2.CCOC(=O)N1CC2(C1)CN(C(C)(C)C)C2.CCOC(=O)N1CC2(C1)CN(C(C)(C)C)C2.CN(C)C(=O)N1CC2(C1)CN(C(C)(C)C)C2.COC(=O)N1CC2(C1)CN(C(C)(C)C)C2.COCCOC(=O)N1CC2(C1)CN(C(C)(C)C)C2. The zero-order valence-electron chi connectivity index (χ0n) is 93.3. The Labute approximate surface area is 822 Å². The van der Waals surface area contributed by atoms with E-state index in [0.717, 1.165) is 148 Å². The van der Waals surface area contributed by atoms with Crippen LogP contribution < -0.4 is 0 Å². The molecule has 1 saturated carbocycles. The average molecular weight is 1900 g/mol. The van der Waals surface area contributed by atoms with Gasteiger partial charge >= 0.3 is 30.4 Å². The Morgan fingerprint density at radius 3 is 0.681 bits per heavy atom. The van der Waals surface area contributed by atoms with Gasteiger partial charge in [0.25, 0.3) is 0 Å². The largest absolute Gasteiger partial charge is 0.453 e. The molecule has 29 heteroatoms. The number of hydrogen-bond acceptors (Lipinski definition) is 23. The molecule has 19 rings (SSSR count). The molecule has 6 amide bonds. The van der Waals surface area contributed by atoms with Gasteiger partial charge in [0.05, 0.1) is 26.9 Å². The number of hydrogen-bond donors (Lipinski definition) is 0. The second kappa shape index (κ2) is 40.4. The number of urea groups is 1. The maximum Gasteiger partial charge on any atom is 0.409 e. The van der Waals surface area contributed by atoms with Crippen molar-refractivity contribution in [2.24, 2.45) is 48.7 Å². The van der Waals surface area contributed by atoms with E-state index in [1.54, 1.807) is 21.8 Å². The van der Waals surface area contributed by atoms with Gasteiger partial charge in [-0.3, -0.25) is 53.9 Å². The lowest BCUT2D eigenvalue weighted by Crippen LogP contribution is -2.75. The molecule has 0 N–H and O–H groups in total. The summed E-state index contributed by atoms with van der Waals surface area (Å²) in [7, 11) is 6.67. The highest BCUT2D eigenvalue weighted by molar-refractivity contribution is 5.75. The van der Waals surface area contributed by atoms with Crippen molar-refractivity contribution in [3.63, 3.8) is 0 Å². The van der Waals surface area contributed by atoms with Crippen molar-refractivity contribution in [2.45, 2.75) is 303 Å². The standard InChI is InChI=1S/C13H24N2O3.C12H23N3O.2C12H22N2O2.C12H22N2.C12H24N2.C11H20N2O2.2C11H22N2/c1-12(2,3)15-9-13(10-15)7-14(8-13)11(16)18-6-5-17-4;1-11(2,3)15-8-12(9-15)6-14(7-12)10(16)13(4)5;2*1-5-16-10(15)13-6-12(7-13)8-14(9-12)11(2,3)4;1-11(2,3)14-8-12(9-14)6-13(7-12)10-4-5-10;1-10(2)13-6-12(7-13)8-14(9-12)11(3,4)5;1-10(2,3)13-7-11(8-13)5-12(6-11)9(14)15-4;2*1-5-12-6-11(7-12)8-13(9-11)10(2,3)4/h5-10H2,1-4H3;6-9H2,1-5H3;2*5-9H2,1-4H3;10H,4-9H2,1-3H3;10H,6-9H2,1-5H3;5-8H2,1-4H3;2*5-9H2,1-4H3. The van der Waals surface area contributed by atoms with Crippen LogP contribution in [-0.4, -0.2) is 489 Å². The molecule has 19 aliphatic rings. The molecule has 780 valence electrons. The van der Waals surface area contributed by atoms with Crippen LogP contribution in [0.4, 0.5) is 24.0 Å². The topological polar surface area (TPSA) is 193 Å². The summed E-state index contributed by atoms with van der Waals surface area (Å²) in [5, 5.41) is 0. The highest BCUT2D eigenvalue weighted by atomic mass is 16.6. The van der Waals surface area contributed by atoms with Crippen LogP contribution in [0.25, 0.3) is 0 Å². The summed E-state index contributed by atoms with van der Waals surface area (Å²) in [5.41, 5.74) is 7.52. The Hall–Kier alpha value is -4.21. The number of ether oxygens (including phenoxy) is 5. The zero-order valence-corrected chi connectivity index (χ0v) is 93.3. The van der Waals surface area contributed by atoms with Crippen molar-refractivity contribution in [1.29, 1.82) is 0 Å². The molecular weight excluding hydrogens is 1700 g/mol. The van der Waals surface area contributed by atoms with Crippen LogP contribution in [0.5, 0.6) is 0 Å². The van der Waals surface area contributed by atoms with Crippen molar-refractivity contribution in [1.82, 2.24) is 93.1 Å². The van der Waals surface area contributed by atoms with Gasteiger partial charge in [0, 0.05) is 367 Å². The van der Waals surface area contributed by atoms with Crippen LogP contribution in [0.3, 0.4) is 0 Å². The second-order valence-electron chi connectivity index (χ2n) is 55.9. The number of methoxy groups -OCH3 is 2. The third kappa shape index (κ3) is 26.7. The van der Waals surface area contributed by atoms with Crippen LogP contribution in [0, 0.1) is 48.7 Å². The lowest BCUT2D eigenvalue weighted by atomic mass is 9.70. The molecule has 1 aliphatic carbocycles. The van der Waals surface area contributed by atoms with E-state index >= 15 is 0 Å². The van der Waals surface area contributed by atoms with Crippen LogP contribution in [-0.2, 0) is 23.7 Å². The molecule has 18 aliphatic heterocycles. The Morgan fingerprint density at radius 1 is 0.281 bits per heavy atom. The fourth-order valence-electron chi connectivity index (χ4n) is 23.5. The third-order valence-electron chi connectivity index (χ3n) is 33.3. The minimum atomic E-state index is -0.202. The van der Waals surface area contributed by atoms with Gasteiger partial charge in [-0.15, -0.1) is 0 Å². The molecule has 18 heterocycles. The van der Waals surface area contributed by atoms with Gasteiger partial charge in [0.2, 0.25) is 0 Å². The van der Waals surface area contributed by atoms with E-state index in [-0.39, 0.29) is 58.1 Å². The van der Waals surface area contributed by atoms with Crippen LogP contribution >= 0.6 is 0 Å². The first kappa shape index (κ1) is 111. The molecular formula is C106H201N19O10. The lowest BCUT2D eigenvalue weighted by molar-refractivity contribution is -0.152. The second-order valence-corrected chi connectivity index (χ2v) is 55.9. The summed E-state index contributed by atoms with van der Waals surface area (Å²) in [6.45, 7) is 120. The molecule has 0 aromatic heterocycles. The van der Waals surface area contributed by atoms with E-state index in [9.17, 15) is 24.0 Å². The highest BCUT2D eigenvalue weighted by Gasteiger charge is 2.63. The Morgan fingerprint density at radius 2 is 0.489 bits per heavy atom. The first-order chi connectivity index (χ1) is 61.9. The Bertz CT molecular complexity index is 3700. The van der Waals surface area contributed by atoms with Crippen LogP contribution in [0.1, 0.15) is 241 Å². The quantitative estimate of drug-likeness (QED) is 0.156.